The zero-order chi connectivity index (χ0) is 12.6. The molecule has 0 saturated carbocycles. The molecule has 0 N–H and O–H groups in total. The lowest BCUT2D eigenvalue weighted by Crippen LogP contribution is -2.00. The summed E-state index contributed by atoms with van der Waals surface area (Å²) in [6.45, 7) is 3.62. The van der Waals surface area contributed by atoms with E-state index >= 15 is 0 Å². The van der Waals surface area contributed by atoms with Crippen molar-refractivity contribution in [2.45, 2.75) is 13.8 Å². The molecule has 2 aromatic rings. The lowest BCUT2D eigenvalue weighted by atomic mass is 10.2. The maximum atomic E-state index is 9.02. The van der Waals surface area contributed by atoms with Gasteiger partial charge in [0.2, 0.25) is 0 Å². The van der Waals surface area contributed by atoms with Gasteiger partial charge in [0.1, 0.15) is 6.07 Å². The van der Waals surface area contributed by atoms with E-state index in [9.17, 15) is 0 Å². The number of rotatable bonds is 1. The van der Waals surface area contributed by atoms with Crippen molar-refractivity contribution in [2.75, 3.05) is 0 Å². The van der Waals surface area contributed by atoms with Gasteiger partial charge in [-0.05, 0) is 26.0 Å². The molecule has 0 aliphatic carbocycles. The smallest absolute Gasteiger partial charge is 0.103 e. The van der Waals surface area contributed by atoms with Crippen LogP contribution in [-0.2, 0) is 0 Å². The molecule has 0 aliphatic heterocycles. The van der Waals surface area contributed by atoms with E-state index in [1.54, 1.807) is 23.7 Å². The van der Waals surface area contributed by atoms with Crippen LogP contribution in [0.4, 0.5) is 0 Å². The Kier molecular flexibility index (Phi) is 3.10. The molecule has 0 spiro atoms. The van der Waals surface area contributed by atoms with Crippen LogP contribution in [0.3, 0.4) is 0 Å². The van der Waals surface area contributed by atoms with Crippen molar-refractivity contribution >= 4 is 23.2 Å². The highest BCUT2D eigenvalue weighted by Gasteiger charge is 2.15. The Bertz CT molecular complexity index is 623. The fourth-order valence-corrected chi connectivity index (χ4v) is 2.07. The molecule has 1 heterocycles. The molecule has 0 radical (unpaired) electrons. The van der Waals surface area contributed by atoms with Crippen LogP contribution in [-0.4, -0.2) is 9.78 Å². The van der Waals surface area contributed by atoms with Crippen LogP contribution in [0.15, 0.2) is 18.2 Å². The maximum Gasteiger partial charge on any atom is 0.103 e. The minimum absolute atomic E-state index is 0.434. The van der Waals surface area contributed by atoms with Gasteiger partial charge in [0.25, 0.3) is 0 Å². The number of aromatic nitrogens is 2. The Morgan fingerprint density at radius 1 is 1.29 bits per heavy atom. The second kappa shape index (κ2) is 4.40. The summed E-state index contributed by atoms with van der Waals surface area (Å²) in [5.41, 5.74) is 2.69. The molecule has 0 atom stereocenters. The predicted octanol–water partition coefficient (Wildman–Crippen LogP) is 3.67. The third-order valence-electron chi connectivity index (χ3n) is 2.56. The maximum absolute atomic E-state index is 9.02. The van der Waals surface area contributed by atoms with Crippen LogP contribution in [0.1, 0.15) is 17.0 Å². The van der Waals surface area contributed by atoms with Crippen molar-refractivity contribution < 1.29 is 0 Å². The highest BCUT2D eigenvalue weighted by molar-refractivity contribution is 6.43. The fraction of sp³-hybridized carbons (Fsp3) is 0.167. The normalized spacial score (nSPS) is 10.3. The molecule has 0 amide bonds. The van der Waals surface area contributed by atoms with Gasteiger partial charge in [-0.15, -0.1) is 0 Å². The number of benzene rings is 1. The first-order chi connectivity index (χ1) is 8.06. The third-order valence-corrected chi connectivity index (χ3v) is 3.37. The van der Waals surface area contributed by atoms with Gasteiger partial charge in [-0.2, -0.15) is 10.4 Å². The number of aryl methyl sites for hydroxylation is 1. The second-order valence-electron chi connectivity index (χ2n) is 3.64. The first kappa shape index (κ1) is 12.0. The van der Waals surface area contributed by atoms with Gasteiger partial charge in [-0.1, -0.05) is 29.3 Å². The molecule has 1 aromatic carbocycles. The Hall–Kier alpha value is -1.50. The number of nitriles is 1. The van der Waals surface area contributed by atoms with E-state index in [4.69, 9.17) is 28.5 Å². The Morgan fingerprint density at radius 3 is 2.59 bits per heavy atom. The van der Waals surface area contributed by atoms with Crippen LogP contribution in [0, 0.1) is 25.2 Å². The van der Waals surface area contributed by atoms with Crippen molar-refractivity contribution in [1.82, 2.24) is 9.78 Å². The number of hydrogen-bond acceptors (Lipinski definition) is 2. The zero-order valence-corrected chi connectivity index (χ0v) is 10.8. The van der Waals surface area contributed by atoms with Crippen molar-refractivity contribution in [3.05, 3.63) is 45.2 Å². The van der Waals surface area contributed by atoms with E-state index in [2.05, 4.69) is 11.2 Å². The van der Waals surface area contributed by atoms with Crippen molar-refractivity contribution in [1.29, 1.82) is 5.26 Å². The fourth-order valence-electron chi connectivity index (χ4n) is 1.70. The van der Waals surface area contributed by atoms with E-state index in [-0.39, 0.29) is 0 Å². The highest BCUT2D eigenvalue weighted by atomic mass is 35.5. The molecular formula is C12H9Cl2N3. The summed E-state index contributed by atoms with van der Waals surface area (Å²) in [5, 5.41) is 14.2. The molecular weight excluding hydrogens is 257 g/mol. The number of nitrogens with zero attached hydrogens (tertiary/aromatic N) is 3. The summed E-state index contributed by atoms with van der Waals surface area (Å²) in [7, 11) is 0. The van der Waals surface area contributed by atoms with E-state index in [0.717, 1.165) is 5.69 Å². The van der Waals surface area contributed by atoms with E-state index < -0.39 is 0 Å². The average molecular weight is 266 g/mol. The Balaban J connectivity index is 2.70. The Labute approximate surface area is 109 Å². The molecule has 0 saturated heterocycles. The average Bonchev–Trinajstić information content (AvgIpc) is 2.58. The molecule has 86 valence electrons. The van der Waals surface area contributed by atoms with Crippen molar-refractivity contribution in [3.8, 4) is 11.8 Å². The number of hydrogen-bond donors (Lipinski definition) is 0. The molecule has 0 bridgehead atoms. The van der Waals surface area contributed by atoms with E-state index in [1.807, 2.05) is 13.0 Å². The minimum Gasteiger partial charge on any atom is -0.235 e. The summed E-state index contributed by atoms with van der Waals surface area (Å²) < 4.78 is 1.64. The third kappa shape index (κ3) is 1.90. The highest BCUT2D eigenvalue weighted by Crippen LogP contribution is 2.29. The molecule has 17 heavy (non-hydrogen) atoms. The quantitative estimate of drug-likeness (QED) is 0.790. The van der Waals surface area contributed by atoms with E-state index in [1.165, 1.54) is 0 Å². The van der Waals surface area contributed by atoms with Gasteiger partial charge in [-0.3, -0.25) is 0 Å². The monoisotopic (exact) mass is 265 g/mol. The first-order valence-electron chi connectivity index (χ1n) is 4.97. The summed E-state index contributed by atoms with van der Waals surface area (Å²) in [6.07, 6.45) is 0. The first-order valence-corrected chi connectivity index (χ1v) is 5.72. The van der Waals surface area contributed by atoms with Gasteiger partial charge in [-0.25, -0.2) is 4.68 Å². The van der Waals surface area contributed by atoms with Crippen LogP contribution in [0.25, 0.3) is 5.69 Å². The van der Waals surface area contributed by atoms with Crippen LogP contribution < -0.4 is 0 Å². The summed E-state index contributed by atoms with van der Waals surface area (Å²) >= 11 is 12.1. The lowest BCUT2D eigenvalue weighted by molar-refractivity contribution is 0.834. The topological polar surface area (TPSA) is 41.6 Å². The van der Waals surface area contributed by atoms with Crippen LogP contribution >= 0.6 is 23.2 Å². The van der Waals surface area contributed by atoms with Crippen LogP contribution in [0.5, 0.6) is 0 Å². The summed E-state index contributed by atoms with van der Waals surface area (Å²) in [5.74, 6) is 0. The van der Waals surface area contributed by atoms with E-state index in [0.29, 0.717) is 27.0 Å². The summed E-state index contributed by atoms with van der Waals surface area (Å²) in [4.78, 5) is 0. The molecule has 2 rings (SSSR count). The zero-order valence-electron chi connectivity index (χ0n) is 9.33. The molecule has 1 aromatic heterocycles. The summed E-state index contributed by atoms with van der Waals surface area (Å²) in [6, 6.07) is 7.45. The predicted molar refractivity (Wildman–Crippen MR) is 67.8 cm³/mol. The molecule has 5 heteroatoms. The number of halogens is 2. The largest absolute Gasteiger partial charge is 0.235 e. The standard InChI is InChI=1S/C12H9Cl2N3/c1-7-9(6-15)8(2)17(16-7)11-5-3-4-10(13)12(11)14/h3-5H,1-2H3. The minimum atomic E-state index is 0.434. The molecule has 0 fully saturated rings. The van der Waals surface area contributed by atoms with Gasteiger partial charge in [0.05, 0.1) is 32.7 Å². The van der Waals surface area contributed by atoms with Crippen molar-refractivity contribution in [2.24, 2.45) is 0 Å². The second-order valence-corrected chi connectivity index (χ2v) is 4.43. The van der Waals surface area contributed by atoms with Gasteiger partial charge in [0.15, 0.2) is 0 Å². The van der Waals surface area contributed by atoms with Gasteiger partial charge in [0, 0.05) is 0 Å². The Morgan fingerprint density at radius 2 is 2.00 bits per heavy atom. The van der Waals surface area contributed by atoms with Crippen molar-refractivity contribution in [3.63, 3.8) is 0 Å². The SMILES string of the molecule is Cc1nn(-c2cccc(Cl)c2Cl)c(C)c1C#N. The van der Waals surface area contributed by atoms with Gasteiger partial charge >= 0.3 is 0 Å². The molecule has 0 unspecified atom stereocenters. The molecule has 0 aliphatic rings. The van der Waals surface area contributed by atoms with Gasteiger partial charge < -0.3 is 0 Å². The lowest BCUT2D eigenvalue weighted by Gasteiger charge is -2.07. The molecule has 3 nitrogen and oxygen atoms in total. The van der Waals surface area contributed by atoms with Crippen LogP contribution in [0.2, 0.25) is 10.0 Å².